The predicted octanol–water partition coefficient (Wildman–Crippen LogP) is 3.79. The minimum Gasteiger partial charge on any atom is -0.465 e. The van der Waals surface area contributed by atoms with Gasteiger partial charge in [0.05, 0.1) is 18.2 Å². The second-order valence-electron chi connectivity index (χ2n) is 6.29. The summed E-state index contributed by atoms with van der Waals surface area (Å²) >= 11 is 1.48. The molecule has 0 aliphatic carbocycles. The van der Waals surface area contributed by atoms with Crippen molar-refractivity contribution in [3.63, 3.8) is 0 Å². The molecule has 7 nitrogen and oxygen atoms in total. The van der Waals surface area contributed by atoms with E-state index in [-0.39, 0.29) is 5.91 Å². The lowest BCUT2D eigenvalue weighted by Crippen LogP contribution is -2.13. The fraction of sp³-hybridized carbons (Fsp3) is 0.143. The molecule has 146 valence electrons. The molecule has 8 heteroatoms. The van der Waals surface area contributed by atoms with E-state index in [9.17, 15) is 9.59 Å². The van der Waals surface area contributed by atoms with Gasteiger partial charge in [0.15, 0.2) is 10.8 Å². The molecule has 2 heterocycles. The molecule has 4 rings (SSSR count). The van der Waals surface area contributed by atoms with E-state index in [0.29, 0.717) is 23.4 Å². The number of rotatable bonds is 6. The lowest BCUT2D eigenvalue weighted by Gasteiger charge is -2.07. The lowest BCUT2D eigenvalue weighted by molar-refractivity contribution is -0.115. The Bertz CT molecular complexity index is 1200. The average Bonchev–Trinajstić information content (AvgIpc) is 3.17. The number of hydrogen-bond donors (Lipinski definition) is 1. The number of aromatic nitrogens is 3. The topological polar surface area (TPSA) is 85.6 Å². The molecule has 0 saturated heterocycles. The van der Waals surface area contributed by atoms with Crippen LogP contribution in [0, 0.1) is 0 Å². The molecular weight excluding hydrogens is 388 g/mol. The molecule has 0 bridgehead atoms. The third kappa shape index (κ3) is 4.07. The molecular formula is C21H18N4O3S. The van der Waals surface area contributed by atoms with Gasteiger partial charge in [-0.15, -0.1) is 10.2 Å². The van der Waals surface area contributed by atoms with Crippen LogP contribution in [0.5, 0.6) is 0 Å². The maximum Gasteiger partial charge on any atom is 0.337 e. The van der Waals surface area contributed by atoms with Gasteiger partial charge in [0.1, 0.15) is 0 Å². The van der Waals surface area contributed by atoms with Crippen molar-refractivity contribution in [2.45, 2.75) is 11.6 Å². The molecule has 0 aliphatic rings. The Hall–Kier alpha value is -3.39. The number of benzene rings is 2. The number of para-hydroxylation sites is 1. The molecule has 2 aromatic carbocycles. The number of ether oxygens (including phenoxy) is 1. The van der Waals surface area contributed by atoms with Crippen LogP contribution >= 0.6 is 11.8 Å². The van der Waals surface area contributed by atoms with Crippen LogP contribution in [0.25, 0.3) is 16.6 Å². The maximum atomic E-state index is 12.3. The Morgan fingerprint density at radius 1 is 1.07 bits per heavy atom. The van der Waals surface area contributed by atoms with E-state index >= 15 is 0 Å². The predicted molar refractivity (Wildman–Crippen MR) is 112 cm³/mol. The molecule has 0 fully saturated rings. The number of fused-ring (bicyclic) bond motifs is 3. The molecule has 0 saturated carbocycles. The zero-order chi connectivity index (χ0) is 20.2. The van der Waals surface area contributed by atoms with E-state index in [2.05, 4.69) is 15.5 Å². The number of esters is 1. The van der Waals surface area contributed by atoms with Crippen molar-refractivity contribution >= 4 is 45.9 Å². The van der Waals surface area contributed by atoms with Crippen LogP contribution in [-0.4, -0.2) is 39.3 Å². The van der Waals surface area contributed by atoms with Gasteiger partial charge in [-0.1, -0.05) is 36.0 Å². The van der Waals surface area contributed by atoms with Crippen LogP contribution in [0.1, 0.15) is 16.8 Å². The van der Waals surface area contributed by atoms with E-state index in [1.165, 1.54) is 18.9 Å². The zero-order valence-electron chi connectivity index (χ0n) is 15.7. The number of methoxy groups -OCH3 is 1. The van der Waals surface area contributed by atoms with Crippen LogP contribution in [0.4, 0.5) is 5.69 Å². The molecule has 0 unspecified atom stereocenters. The van der Waals surface area contributed by atoms with Gasteiger partial charge in [-0.3, -0.25) is 9.20 Å². The molecule has 2 aromatic heterocycles. The van der Waals surface area contributed by atoms with Crippen molar-refractivity contribution in [1.82, 2.24) is 14.6 Å². The van der Waals surface area contributed by atoms with Crippen molar-refractivity contribution in [3.05, 3.63) is 66.2 Å². The Labute approximate surface area is 171 Å². The second kappa shape index (κ2) is 8.32. The number of nitrogens with one attached hydrogen (secondary N) is 1. The molecule has 0 aliphatic heterocycles. The Morgan fingerprint density at radius 2 is 1.93 bits per heavy atom. The van der Waals surface area contributed by atoms with Crippen LogP contribution in [0.2, 0.25) is 0 Å². The number of thioether (sulfide) groups is 1. The Morgan fingerprint density at radius 3 is 2.79 bits per heavy atom. The number of pyridine rings is 1. The number of anilines is 1. The highest BCUT2D eigenvalue weighted by molar-refractivity contribution is 7.99. The molecule has 1 N–H and O–H groups in total. The van der Waals surface area contributed by atoms with Gasteiger partial charge >= 0.3 is 5.97 Å². The first kappa shape index (κ1) is 18.9. The smallest absolute Gasteiger partial charge is 0.337 e. The first-order valence-corrected chi connectivity index (χ1v) is 9.98. The van der Waals surface area contributed by atoms with Gasteiger partial charge in [-0.05, 0) is 41.8 Å². The summed E-state index contributed by atoms with van der Waals surface area (Å²) in [6, 6.07) is 18.6. The van der Waals surface area contributed by atoms with Gasteiger partial charge in [-0.2, -0.15) is 0 Å². The monoisotopic (exact) mass is 406 g/mol. The van der Waals surface area contributed by atoms with E-state index in [1.54, 1.807) is 24.3 Å². The number of hydrogen-bond acceptors (Lipinski definition) is 6. The maximum absolute atomic E-state index is 12.3. The van der Waals surface area contributed by atoms with E-state index in [0.717, 1.165) is 21.7 Å². The first-order chi connectivity index (χ1) is 14.2. The average molecular weight is 406 g/mol. The Kier molecular flexibility index (Phi) is 5.44. The lowest BCUT2D eigenvalue weighted by atomic mass is 10.2. The largest absolute Gasteiger partial charge is 0.465 e. The quantitative estimate of drug-likeness (QED) is 0.387. The molecule has 0 radical (unpaired) electrons. The fourth-order valence-corrected chi connectivity index (χ4v) is 3.90. The third-order valence-electron chi connectivity index (χ3n) is 4.38. The molecule has 0 atom stereocenters. The van der Waals surface area contributed by atoms with E-state index in [1.807, 2.05) is 40.8 Å². The molecule has 0 spiro atoms. The standard InChI is InChI=1S/C21H18N4O3S/c1-28-20(27)15-6-4-7-16(13-15)22-19(26)11-12-29-21-24-23-18-10-9-14-5-2-3-8-17(14)25(18)21/h2-10,13H,11-12H2,1H3,(H,22,26). The van der Waals surface area contributed by atoms with Gasteiger partial charge in [-0.25, -0.2) is 4.79 Å². The van der Waals surface area contributed by atoms with Crippen molar-refractivity contribution in [1.29, 1.82) is 0 Å². The SMILES string of the molecule is COC(=O)c1cccc(NC(=O)CCSc2nnc3ccc4ccccc4n23)c1. The van der Waals surface area contributed by atoms with E-state index < -0.39 is 5.97 Å². The summed E-state index contributed by atoms with van der Waals surface area (Å²) in [5.74, 6) is -0.0345. The highest BCUT2D eigenvalue weighted by Gasteiger charge is 2.11. The van der Waals surface area contributed by atoms with Crippen molar-refractivity contribution in [2.24, 2.45) is 0 Å². The second-order valence-corrected chi connectivity index (χ2v) is 7.35. The number of carbonyl (C=O) groups excluding carboxylic acids is 2. The van der Waals surface area contributed by atoms with Gasteiger partial charge < -0.3 is 10.1 Å². The first-order valence-electron chi connectivity index (χ1n) is 8.99. The Balaban J connectivity index is 1.41. The number of amides is 1. The highest BCUT2D eigenvalue weighted by atomic mass is 32.2. The fourth-order valence-electron chi connectivity index (χ4n) is 3.01. The summed E-state index contributed by atoms with van der Waals surface area (Å²) in [6.45, 7) is 0. The number of carbonyl (C=O) groups is 2. The molecule has 29 heavy (non-hydrogen) atoms. The molecule has 4 aromatic rings. The summed E-state index contributed by atoms with van der Waals surface area (Å²) in [5.41, 5.74) is 2.75. The normalized spacial score (nSPS) is 10.9. The van der Waals surface area contributed by atoms with Crippen LogP contribution in [0.15, 0.2) is 65.8 Å². The van der Waals surface area contributed by atoms with Gasteiger partial charge in [0, 0.05) is 17.9 Å². The minimum absolute atomic E-state index is 0.141. The van der Waals surface area contributed by atoms with Gasteiger partial charge in [0.25, 0.3) is 0 Å². The summed E-state index contributed by atoms with van der Waals surface area (Å²) in [7, 11) is 1.32. The summed E-state index contributed by atoms with van der Waals surface area (Å²) in [6.07, 6.45) is 0.298. The highest BCUT2D eigenvalue weighted by Crippen LogP contribution is 2.23. The van der Waals surface area contributed by atoms with Gasteiger partial charge in [0.2, 0.25) is 5.91 Å². The summed E-state index contributed by atoms with van der Waals surface area (Å²) < 4.78 is 6.70. The third-order valence-corrected chi connectivity index (χ3v) is 5.31. The van der Waals surface area contributed by atoms with Crippen LogP contribution < -0.4 is 5.32 Å². The minimum atomic E-state index is -0.442. The molecule has 1 amide bonds. The zero-order valence-corrected chi connectivity index (χ0v) is 16.5. The summed E-state index contributed by atoms with van der Waals surface area (Å²) in [4.78, 5) is 23.9. The van der Waals surface area contributed by atoms with Crippen molar-refractivity contribution in [3.8, 4) is 0 Å². The van der Waals surface area contributed by atoms with Crippen LogP contribution in [-0.2, 0) is 9.53 Å². The summed E-state index contributed by atoms with van der Waals surface area (Å²) in [5, 5.41) is 13.1. The van der Waals surface area contributed by atoms with Crippen molar-refractivity contribution in [2.75, 3.05) is 18.2 Å². The van der Waals surface area contributed by atoms with Crippen molar-refractivity contribution < 1.29 is 14.3 Å². The van der Waals surface area contributed by atoms with E-state index in [4.69, 9.17) is 4.74 Å². The number of nitrogens with zero attached hydrogens (tertiary/aromatic N) is 3. The van der Waals surface area contributed by atoms with Crippen LogP contribution in [0.3, 0.4) is 0 Å².